The van der Waals surface area contributed by atoms with Crippen molar-refractivity contribution < 1.29 is 9.59 Å². The van der Waals surface area contributed by atoms with E-state index in [0.29, 0.717) is 13.1 Å². The molecule has 4 atom stereocenters. The van der Waals surface area contributed by atoms with Crippen molar-refractivity contribution in [3.8, 4) is 0 Å². The predicted molar refractivity (Wildman–Crippen MR) is 104 cm³/mol. The predicted octanol–water partition coefficient (Wildman–Crippen LogP) is 2.48. The van der Waals surface area contributed by atoms with Crippen LogP contribution >= 0.6 is 0 Å². The van der Waals surface area contributed by atoms with E-state index in [1.54, 1.807) is 0 Å². The first-order chi connectivity index (χ1) is 12.5. The van der Waals surface area contributed by atoms with Gasteiger partial charge in [0, 0.05) is 24.2 Å². The van der Waals surface area contributed by atoms with Gasteiger partial charge in [0.15, 0.2) is 0 Å². The Hall–Kier alpha value is -1.88. The third-order valence-corrected chi connectivity index (χ3v) is 5.89. The summed E-state index contributed by atoms with van der Waals surface area (Å²) < 4.78 is 0. The lowest BCUT2D eigenvalue weighted by molar-refractivity contribution is -0.135. The summed E-state index contributed by atoms with van der Waals surface area (Å²) in [6.07, 6.45) is 4.51. The van der Waals surface area contributed by atoms with Crippen LogP contribution in [0.1, 0.15) is 45.1 Å². The molecule has 0 aromatic heterocycles. The molecule has 1 aliphatic carbocycles. The molecule has 1 aliphatic heterocycles. The molecule has 1 aromatic rings. The molecule has 0 radical (unpaired) electrons. The second-order valence-corrected chi connectivity index (χ2v) is 7.97. The topological polar surface area (TPSA) is 75.4 Å². The largest absolute Gasteiger partial charge is 0.356 e. The van der Waals surface area contributed by atoms with E-state index in [1.807, 2.05) is 30.0 Å². The van der Waals surface area contributed by atoms with Gasteiger partial charge in [-0.25, -0.2) is 0 Å². The Morgan fingerprint density at radius 1 is 1.23 bits per heavy atom. The first kappa shape index (κ1) is 18.9. The lowest BCUT2D eigenvalue weighted by atomic mass is 9.77. The van der Waals surface area contributed by atoms with Crippen LogP contribution in [0.5, 0.6) is 0 Å². The smallest absolute Gasteiger partial charge is 0.231 e. The van der Waals surface area contributed by atoms with Crippen molar-refractivity contribution in [3.05, 3.63) is 29.8 Å². The van der Waals surface area contributed by atoms with Crippen molar-refractivity contribution in [3.63, 3.8) is 0 Å². The fraction of sp³-hybridized carbons (Fsp3) is 0.619. The summed E-state index contributed by atoms with van der Waals surface area (Å²) in [6.45, 7) is 5.25. The molecule has 0 bridgehead atoms. The van der Waals surface area contributed by atoms with Crippen LogP contribution < -0.4 is 16.0 Å². The summed E-state index contributed by atoms with van der Waals surface area (Å²) in [4.78, 5) is 28.1. The average molecular weight is 357 g/mol. The zero-order valence-electron chi connectivity index (χ0n) is 15.9. The maximum Gasteiger partial charge on any atom is 0.231 e. The van der Waals surface area contributed by atoms with E-state index in [9.17, 15) is 9.59 Å². The maximum atomic E-state index is 13.4. The Labute approximate surface area is 156 Å². The van der Waals surface area contributed by atoms with Crippen molar-refractivity contribution in [1.29, 1.82) is 0 Å². The number of amides is 2. The van der Waals surface area contributed by atoms with Crippen LogP contribution in [-0.4, -0.2) is 30.9 Å². The minimum Gasteiger partial charge on any atom is -0.356 e. The molecule has 1 aromatic carbocycles. The normalized spacial score (nSPS) is 26.3. The Balaban J connectivity index is 1.75. The average Bonchev–Trinajstić information content (AvgIpc) is 3.00. The van der Waals surface area contributed by atoms with E-state index in [1.165, 1.54) is 5.56 Å². The second kappa shape index (κ2) is 8.21. The van der Waals surface area contributed by atoms with E-state index >= 15 is 0 Å². The lowest BCUT2D eigenvalue weighted by Crippen LogP contribution is -2.47. The number of hydrogen-bond acceptors (Lipinski definition) is 3. The van der Waals surface area contributed by atoms with E-state index in [-0.39, 0.29) is 35.6 Å². The van der Waals surface area contributed by atoms with Gasteiger partial charge in [-0.2, -0.15) is 0 Å². The minimum atomic E-state index is -0.221. The number of nitrogens with two attached hydrogens (primary N) is 1. The zero-order valence-corrected chi connectivity index (χ0v) is 15.9. The Morgan fingerprint density at radius 3 is 2.65 bits per heavy atom. The summed E-state index contributed by atoms with van der Waals surface area (Å²) in [7, 11) is 0. The number of anilines is 1. The highest BCUT2D eigenvalue weighted by Crippen LogP contribution is 2.38. The Morgan fingerprint density at radius 2 is 1.92 bits per heavy atom. The highest BCUT2D eigenvalue weighted by molar-refractivity contribution is 6.00. The molecule has 0 saturated heterocycles. The van der Waals surface area contributed by atoms with Gasteiger partial charge in [-0.05, 0) is 50.3 Å². The number of carbonyl (C=O) groups is 2. The van der Waals surface area contributed by atoms with Crippen molar-refractivity contribution in [2.75, 3.05) is 18.0 Å². The zero-order chi connectivity index (χ0) is 18.7. The summed E-state index contributed by atoms with van der Waals surface area (Å²) in [6, 6.07) is 8.28. The van der Waals surface area contributed by atoms with Gasteiger partial charge in [0.25, 0.3) is 0 Å². The highest BCUT2D eigenvalue weighted by Gasteiger charge is 2.41. The number of nitrogens with zero attached hydrogens (tertiary/aromatic N) is 1. The summed E-state index contributed by atoms with van der Waals surface area (Å²) in [5.74, 6) is -0.0495. The SMILES string of the molecule is CC(CN)CNC(=O)C1CCCCC1C(=O)N1c2ccccc2CC1C. The van der Waals surface area contributed by atoms with Crippen LogP contribution in [-0.2, 0) is 16.0 Å². The van der Waals surface area contributed by atoms with Crippen molar-refractivity contribution in [2.45, 2.75) is 52.0 Å². The molecular weight excluding hydrogens is 326 g/mol. The van der Waals surface area contributed by atoms with Gasteiger partial charge >= 0.3 is 0 Å². The van der Waals surface area contributed by atoms with E-state index < -0.39 is 0 Å². The summed E-state index contributed by atoms with van der Waals surface area (Å²) >= 11 is 0. The Bertz CT molecular complexity index is 660. The highest BCUT2D eigenvalue weighted by atomic mass is 16.2. The first-order valence-corrected chi connectivity index (χ1v) is 9.91. The second-order valence-electron chi connectivity index (χ2n) is 7.97. The number of carbonyl (C=O) groups excluding carboxylic acids is 2. The van der Waals surface area contributed by atoms with Crippen molar-refractivity contribution in [2.24, 2.45) is 23.5 Å². The third-order valence-electron chi connectivity index (χ3n) is 5.89. The number of fused-ring (bicyclic) bond motifs is 1. The molecule has 2 amide bonds. The van der Waals surface area contributed by atoms with Gasteiger partial charge in [0.2, 0.25) is 11.8 Å². The minimum absolute atomic E-state index is 0.0171. The summed E-state index contributed by atoms with van der Waals surface area (Å²) in [5, 5.41) is 3.02. The molecule has 1 fully saturated rings. The molecule has 0 spiro atoms. The number of rotatable bonds is 5. The van der Waals surface area contributed by atoms with Crippen LogP contribution in [0.3, 0.4) is 0 Å². The van der Waals surface area contributed by atoms with Crippen LogP contribution in [0, 0.1) is 17.8 Å². The molecule has 142 valence electrons. The maximum absolute atomic E-state index is 13.4. The van der Waals surface area contributed by atoms with Crippen molar-refractivity contribution in [1.82, 2.24) is 5.32 Å². The van der Waals surface area contributed by atoms with Crippen LogP contribution in [0.4, 0.5) is 5.69 Å². The van der Waals surface area contributed by atoms with Gasteiger partial charge in [-0.3, -0.25) is 9.59 Å². The molecule has 1 heterocycles. The first-order valence-electron chi connectivity index (χ1n) is 9.91. The molecule has 5 heteroatoms. The van der Waals surface area contributed by atoms with Gasteiger partial charge < -0.3 is 16.0 Å². The molecule has 3 N–H and O–H groups in total. The fourth-order valence-corrected chi connectivity index (χ4v) is 4.31. The van der Waals surface area contributed by atoms with Gasteiger partial charge in [-0.15, -0.1) is 0 Å². The fourth-order valence-electron chi connectivity index (χ4n) is 4.31. The molecule has 2 aliphatic rings. The van der Waals surface area contributed by atoms with Crippen LogP contribution in [0.15, 0.2) is 24.3 Å². The van der Waals surface area contributed by atoms with Crippen LogP contribution in [0.25, 0.3) is 0 Å². The lowest BCUT2D eigenvalue weighted by Gasteiger charge is -2.34. The standard InChI is InChI=1S/C21H31N3O2/c1-14(12-22)13-23-20(25)17-8-4-5-9-18(17)21(26)24-15(2)11-16-7-3-6-10-19(16)24/h3,6-7,10,14-15,17-18H,4-5,8-9,11-13,22H2,1-2H3,(H,23,25). The van der Waals surface area contributed by atoms with Crippen LogP contribution in [0.2, 0.25) is 0 Å². The van der Waals surface area contributed by atoms with Gasteiger partial charge in [-0.1, -0.05) is 38.0 Å². The molecule has 26 heavy (non-hydrogen) atoms. The van der Waals surface area contributed by atoms with E-state index in [2.05, 4.69) is 18.3 Å². The molecule has 5 nitrogen and oxygen atoms in total. The van der Waals surface area contributed by atoms with Gasteiger partial charge in [0.1, 0.15) is 0 Å². The van der Waals surface area contributed by atoms with E-state index in [4.69, 9.17) is 5.73 Å². The quantitative estimate of drug-likeness (QED) is 0.850. The Kier molecular flexibility index (Phi) is 5.97. The van der Waals surface area contributed by atoms with E-state index in [0.717, 1.165) is 37.8 Å². The number of hydrogen-bond donors (Lipinski definition) is 2. The molecule has 4 unspecified atom stereocenters. The molecular formula is C21H31N3O2. The third kappa shape index (κ3) is 3.78. The number of benzene rings is 1. The number of nitrogens with one attached hydrogen (secondary N) is 1. The monoisotopic (exact) mass is 357 g/mol. The molecule has 1 saturated carbocycles. The van der Waals surface area contributed by atoms with Crippen molar-refractivity contribution >= 4 is 17.5 Å². The summed E-state index contributed by atoms with van der Waals surface area (Å²) in [5.41, 5.74) is 7.89. The van der Waals surface area contributed by atoms with Gasteiger partial charge in [0.05, 0.1) is 5.92 Å². The molecule has 3 rings (SSSR count). The number of para-hydroxylation sites is 1.